The maximum Gasteiger partial charge on any atom is 0.325 e. The largest absolute Gasteiger partial charge is 0.497 e. The van der Waals surface area contributed by atoms with Gasteiger partial charge in [-0.25, -0.2) is 4.79 Å². The quantitative estimate of drug-likeness (QED) is 0.759. The molecule has 8 heteroatoms. The van der Waals surface area contributed by atoms with Crippen LogP contribution in [0, 0.1) is 0 Å². The van der Waals surface area contributed by atoms with E-state index in [1.165, 1.54) is 4.90 Å². The second-order valence-corrected chi connectivity index (χ2v) is 8.40. The van der Waals surface area contributed by atoms with Gasteiger partial charge < -0.3 is 19.9 Å². The molecule has 0 aromatic heterocycles. The molecule has 162 valence electrons. The smallest absolute Gasteiger partial charge is 0.325 e. The molecule has 3 heterocycles. The summed E-state index contributed by atoms with van der Waals surface area (Å²) in [5, 5.41) is 2.99. The Morgan fingerprint density at radius 1 is 1.17 bits per heavy atom. The number of hydrogen-bond donors (Lipinski definition) is 1. The van der Waals surface area contributed by atoms with E-state index in [0.717, 1.165) is 32.5 Å². The Morgan fingerprint density at radius 3 is 2.50 bits per heavy atom. The maximum absolute atomic E-state index is 13.3. The van der Waals surface area contributed by atoms with E-state index in [4.69, 9.17) is 4.74 Å². The van der Waals surface area contributed by atoms with E-state index in [2.05, 4.69) is 17.1 Å². The highest BCUT2D eigenvalue weighted by Gasteiger charge is 2.54. The van der Waals surface area contributed by atoms with Crippen molar-refractivity contribution in [2.24, 2.45) is 0 Å². The van der Waals surface area contributed by atoms with Crippen LogP contribution in [0.15, 0.2) is 24.3 Å². The Balaban J connectivity index is 1.45. The average molecular weight is 415 g/mol. The predicted molar refractivity (Wildman–Crippen MR) is 111 cm³/mol. The lowest BCUT2D eigenvalue weighted by Crippen LogP contribution is -2.56. The van der Waals surface area contributed by atoms with Gasteiger partial charge in [0.25, 0.3) is 11.8 Å². The lowest BCUT2D eigenvalue weighted by Gasteiger charge is -2.39. The lowest BCUT2D eigenvalue weighted by atomic mass is 9.87. The highest BCUT2D eigenvalue weighted by atomic mass is 16.5. The fourth-order valence-corrected chi connectivity index (χ4v) is 4.83. The Morgan fingerprint density at radius 2 is 1.87 bits per heavy atom. The molecule has 1 aromatic rings. The molecule has 1 N–H and O–H groups in total. The van der Waals surface area contributed by atoms with Gasteiger partial charge in [0.05, 0.1) is 13.2 Å². The van der Waals surface area contributed by atoms with E-state index in [-0.39, 0.29) is 23.9 Å². The van der Waals surface area contributed by atoms with Gasteiger partial charge >= 0.3 is 6.03 Å². The summed E-state index contributed by atoms with van der Waals surface area (Å²) in [5.74, 6) is 0.495. The monoisotopic (exact) mass is 414 g/mol. The van der Waals surface area contributed by atoms with Gasteiger partial charge in [0.1, 0.15) is 11.3 Å². The number of nitrogens with one attached hydrogen (secondary N) is 1. The van der Waals surface area contributed by atoms with Crippen LogP contribution in [0.1, 0.15) is 43.0 Å². The summed E-state index contributed by atoms with van der Waals surface area (Å²) < 4.78 is 5.15. The molecule has 30 heavy (non-hydrogen) atoms. The van der Waals surface area contributed by atoms with Crippen molar-refractivity contribution < 1.29 is 19.1 Å². The lowest BCUT2D eigenvalue weighted by molar-refractivity contribution is -0.135. The number of amides is 4. The first-order valence-corrected chi connectivity index (χ1v) is 10.8. The third-order valence-corrected chi connectivity index (χ3v) is 6.74. The molecule has 3 aliphatic heterocycles. The van der Waals surface area contributed by atoms with Crippen molar-refractivity contribution in [3.63, 3.8) is 0 Å². The molecule has 1 aromatic carbocycles. The minimum atomic E-state index is -0.773. The van der Waals surface area contributed by atoms with Crippen LogP contribution in [0.5, 0.6) is 5.75 Å². The molecule has 0 bridgehead atoms. The van der Waals surface area contributed by atoms with Gasteiger partial charge in [-0.2, -0.15) is 0 Å². The molecule has 3 fully saturated rings. The molecule has 3 aliphatic rings. The summed E-state index contributed by atoms with van der Waals surface area (Å²) in [5.41, 5.74) is -0.192. The van der Waals surface area contributed by atoms with Gasteiger partial charge in [0.15, 0.2) is 0 Å². The Labute approximate surface area is 177 Å². The van der Waals surface area contributed by atoms with Gasteiger partial charge in [-0.15, -0.1) is 0 Å². The summed E-state index contributed by atoms with van der Waals surface area (Å²) in [6.45, 7) is 5.68. The molecule has 3 saturated heterocycles. The van der Waals surface area contributed by atoms with Crippen LogP contribution in [0.25, 0.3) is 0 Å². The zero-order valence-corrected chi connectivity index (χ0v) is 17.7. The molecule has 0 aliphatic carbocycles. The normalized spacial score (nSPS) is 24.3. The summed E-state index contributed by atoms with van der Waals surface area (Å²) in [4.78, 5) is 44.5. The second-order valence-electron chi connectivity index (χ2n) is 8.40. The number of carbonyl (C=O) groups excluding carboxylic acids is 3. The van der Waals surface area contributed by atoms with Crippen LogP contribution in [-0.2, 0) is 4.79 Å². The highest BCUT2D eigenvalue weighted by Crippen LogP contribution is 2.32. The van der Waals surface area contributed by atoms with Crippen LogP contribution in [-0.4, -0.2) is 84.0 Å². The number of nitrogens with zero attached hydrogens (tertiary/aromatic N) is 3. The minimum absolute atomic E-state index is 0.0830. The van der Waals surface area contributed by atoms with E-state index < -0.39 is 5.54 Å². The van der Waals surface area contributed by atoms with E-state index in [0.29, 0.717) is 37.2 Å². The first-order chi connectivity index (χ1) is 14.5. The predicted octanol–water partition coefficient (Wildman–Crippen LogP) is 1.71. The fourth-order valence-electron chi connectivity index (χ4n) is 4.83. The first-order valence-electron chi connectivity index (χ1n) is 10.8. The summed E-state index contributed by atoms with van der Waals surface area (Å²) in [7, 11) is 1.59. The number of imide groups is 1. The van der Waals surface area contributed by atoms with Crippen molar-refractivity contribution in [1.29, 1.82) is 0 Å². The number of likely N-dealkylation sites (tertiary alicyclic amines) is 2. The molecule has 1 unspecified atom stereocenters. The standard InChI is InChI=1S/C22H30N4O4/c1-3-24-13-10-22(11-14-24)20(28)26(21(29)23-22)17-5-4-12-25(15-17)19(27)16-6-8-18(30-2)9-7-16/h6-9,17H,3-5,10-15H2,1-2H3,(H,23,29). The van der Waals surface area contributed by atoms with Crippen molar-refractivity contribution in [3.8, 4) is 5.75 Å². The number of ether oxygens (including phenoxy) is 1. The summed E-state index contributed by atoms with van der Waals surface area (Å²) >= 11 is 0. The van der Waals surface area contributed by atoms with E-state index in [9.17, 15) is 14.4 Å². The number of carbonyl (C=O) groups is 3. The van der Waals surface area contributed by atoms with Crippen molar-refractivity contribution in [3.05, 3.63) is 29.8 Å². The van der Waals surface area contributed by atoms with Crippen molar-refractivity contribution >= 4 is 17.8 Å². The number of urea groups is 1. The van der Waals surface area contributed by atoms with Gasteiger partial charge in [-0.05, 0) is 56.5 Å². The SMILES string of the molecule is CCN1CCC2(CC1)NC(=O)N(C1CCCN(C(=O)c3ccc(OC)cc3)C1)C2=O. The molecule has 4 rings (SSSR count). The van der Waals surface area contributed by atoms with Gasteiger partial charge in [0.2, 0.25) is 0 Å². The number of piperidine rings is 2. The summed E-state index contributed by atoms with van der Waals surface area (Å²) in [6, 6.07) is 6.42. The zero-order chi connectivity index (χ0) is 21.3. The van der Waals surface area contributed by atoms with Crippen molar-refractivity contribution in [2.75, 3.05) is 39.8 Å². The first kappa shape index (κ1) is 20.7. The third kappa shape index (κ3) is 3.64. The molecular formula is C22H30N4O4. The van der Waals surface area contributed by atoms with Crippen LogP contribution in [0.2, 0.25) is 0 Å². The minimum Gasteiger partial charge on any atom is -0.497 e. The fraction of sp³-hybridized carbons (Fsp3) is 0.591. The molecule has 1 atom stereocenters. The molecule has 8 nitrogen and oxygen atoms in total. The zero-order valence-electron chi connectivity index (χ0n) is 17.7. The maximum atomic E-state index is 13.3. The molecule has 0 saturated carbocycles. The molecule has 1 spiro atoms. The van der Waals surface area contributed by atoms with Gasteiger partial charge in [-0.3, -0.25) is 14.5 Å². The van der Waals surface area contributed by atoms with Gasteiger partial charge in [0, 0.05) is 31.7 Å². The van der Waals surface area contributed by atoms with Crippen LogP contribution < -0.4 is 10.1 Å². The van der Waals surface area contributed by atoms with Crippen LogP contribution in [0.3, 0.4) is 0 Å². The number of rotatable bonds is 4. The number of benzene rings is 1. The van der Waals surface area contributed by atoms with E-state index >= 15 is 0 Å². The van der Waals surface area contributed by atoms with E-state index in [1.807, 2.05) is 0 Å². The Kier molecular flexibility index (Phi) is 5.69. The van der Waals surface area contributed by atoms with Crippen LogP contribution in [0.4, 0.5) is 4.79 Å². The highest BCUT2D eigenvalue weighted by molar-refractivity contribution is 6.07. The summed E-state index contributed by atoms with van der Waals surface area (Å²) in [6.07, 6.45) is 2.77. The van der Waals surface area contributed by atoms with Crippen LogP contribution >= 0.6 is 0 Å². The Hall–Kier alpha value is -2.61. The van der Waals surface area contributed by atoms with Crippen molar-refractivity contribution in [2.45, 2.75) is 44.2 Å². The topological polar surface area (TPSA) is 82.2 Å². The molecule has 0 radical (unpaired) electrons. The molecular weight excluding hydrogens is 384 g/mol. The van der Waals surface area contributed by atoms with E-state index in [1.54, 1.807) is 36.3 Å². The number of methoxy groups -OCH3 is 1. The van der Waals surface area contributed by atoms with Gasteiger partial charge in [-0.1, -0.05) is 6.92 Å². The second kappa shape index (κ2) is 8.26. The third-order valence-electron chi connectivity index (χ3n) is 6.74. The molecule has 4 amide bonds. The Bertz CT molecular complexity index is 817. The van der Waals surface area contributed by atoms with Crippen molar-refractivity contribution in [1.82, 2.24) is 20.0 Å². The number of hydrogen-bond acceptors (Lipinski definition) is 5. The average Bonchev–Trinajstić information content (AvgIpc) is 3.03.